The second kappa shape index (κ2) is 10.0. The van der Waals surface area contributed by atoms with Crippen LogP contribution in [0.5, 0.6) is 0 Å². The molecule has 1 aliphatic rings. The number of carbonyl (C=O) groups is 1. The Balaban J connectivity index is 1.71. The Kier molecular flexibility index (Phi) is 7.41. The molecule has 1 saturated heterocycles. The van der Waals surface area contributed by atoms with Crippen LogP contribution in [0.1, 0.15) is 24.0 Å². The molecule has 1 heterocycles. The molecule has 2 aromatic rings. The second-order valence-corrected chi connectivity index (χ2v) is 9.26. The van der Waals surface area contributed by atoms with Crippen molar-refractivity contribution in [1.29, 1.82) is 0 Å². The maximum Gasteiger partial charge on any atom is 0.243 e. The van der Waals surface area contributed by atoms with Gasteiger partial charge < -0.3 is 10.1 Å². The van der Waals surface area contributed by atoms with Crippen LogP contribution in [0.3, 0.4) is 0 Å². The zero-order chi connectivity index (χ0) is 20.7. The van der Waals surface area contributed by atoms with Crippen molar-refractivity contribution >= 4 is 15.9 Å². The molecular formula is C22H28N2O4S. The smallest absolute Gasteiger partial charge is 0.243 e. The first kappa shape index (κ1) is 21.5. The Morgan fingerprint density at radius 1 is 1.14 bits per heavy atom. The molecular weight excluding hydrogens is 388 g/mol. The molecule has 3 rings (SSSR count). The maximum atomic E-state index is 13.2. The van der Waals surface area contributed by atoms with E-state index in [0.29, 0.717) is 19.6 Å². The van der Waals surface area contributed by atoms with Crippen molar-refractivity contribution < 1.29 is 17.9 Å². The van der Waals surface area contributed by atoms with Gasteiger partial charge in [0, 0.05) is 19.7 Å². The maximum absolute atomic E-state index is 13.2. The molecule has 0 aliphatic carbocycles. The van der Waals surface area contributed by atoms with Crippen molar-refractivity contribution in [1.82, 2.24) is 9.62 Å². The quantitative estimate of drug-likeness (QED) is 0.682. The largest absolute Gasteiger partial charge is 0.376 e. The molecule has 0 radical (unpaired) electrons. The van der Waals surface area contributed by atoms with Crippen LogP contribution >= 0.6 is 0 Å². The lowest BCUT2D eigenvalue weighted by atomic mass is 10.1. The molecule has 7 heteroatoms. The Hall–Kier alpha value is -2.22. The fourth-order valence-electron chi connectivity index (χ4n) is 3.29. The van der Waals surface area contributed by atoms with Gasteiger partial charge in [0.1, 0.15) is 0 Å². The summed E-state index contributed by atoms with van der Waals surface area (Å²) in [5.41, 5.74) is 2.01. The third-order valence-corrected chi connectivity index (χ3v) is 6.88. The van der Waals surface area contributed by atoms with E-state index in [4.69, 9.17) is 4.74 Å². The highest BCUT2D eigenvalue weighted by Gasteiger charge is 2.27. The predicted molar refractivity (Wildman–Crippen MR) is 112 cm³/mol. The Bertz CT molecular complexity index is 892. The van der Waals surface area contributed by atoms with Crippen LogP contribution in [0.25, 0.3) is 0 Å². The highest BCUT2D eigenvalue weighted by Crippen LogP contribution is 2.17. The lowest BCUT2D eigenvalue weighted by molar-refractivity contribution is -0.121. The molecule has 6 nitrogen and oxygen atoms in total. The van der Waals surface area contributed by atoms with E-state index in [1.807, 2.05) is 37.3 Å². The summed E-state index contributed by atoms with van der Waals surface area (Å²) in [5.74, 6) is -0.316. The van der Waals surface area contributed by atoms with E-state index >= 15 is 0 Å². The van der Waals surface area contributed by atoms with E-state index in [1.165, 1.54) is 4.31 Å². The normalized spacial score (nSPS) is 16.8. The summed E-state index contributed by atoms with van der Waals surface area (Å²) >= 11 is 0. The van der Waals surface area contributed by atoms with Crippen molar-refractivity contribution in [3.05, 3.63) is 65.7 Å². The summed E-state index contributed by atoms with van der Waals surface area (Å²) in [6, 6.07) is 16.4. The van der Waals surface area contributed by atoms with Crippen LogP contribution in [0.15, 0.2) is 59.5 Å². The van der Waals surface area contributed by atoms with Gasteiger partial charge in [-0.1, -0.05) is 48.0 Å². The number of nitrogens with zero attached hydrogens (tertiary/aromatic N) is 1. The molecule has 0 saturated carbocycles. The number of aryl methyl sites for hydroxylation is 1. The van der Waals surface area contributed by atoms with Crippen molar-refractivity contribution in [2.45, 2.75) is 37.2 Å². The predicted octanol–water partition coefficient (Wildman–Crippen LogP) is 2.52. The van der Waals surface area contributed by atoms with E-state index in [2.05, 4.69) is 5.32 Å². The minimum absolute atomic E-state index is 0.0189. The van der Waals surface area contributed by atoms with Gasteiger partial charge in [-0.25, -0.2) is 8.42 Å². The van der Waals surface area contributed by atoms with E-state index in [-0.39, 0.29) is 30.0 Å². The molecule has 1 atom stereocenters. The van der Waals surface area contributed by atoms with E-state index in [1.54, 1.807) is 24.3 Å². The first-order valence-corrected chi connectivity index (χ1v) is 11.4. The molecule has 29 heavy (non-hydrogen) atoms. The summed E-state index contributed by atoms with van der Waals surface area (Å²) in [5, 5.41) is 2.82. The minimum atomic E-state index is -3.78. The van der Waals surface area contributed by atoms with E-state index < -0.39 is 10.0 Å². The third-order valence-electron chi connectivity index (χ3n) is 5.02. The average molecular weight is 417 g/mol. The average Bonchev–Trinajstić information content (AvgIpc) is 3.24. The van der Waals surface area contributed by atoms with Crippen LogP contribution in [0, 0.1) is 6.92 Å². The minimum Gasteiger partial charge on any atom is -0.376 e. The number of carbonyl (C=O) groups excluding carboxylic acids is 1. The zero-order valence-electron chi connectivity index (χ0n) is 16.7. The highest BCUT2D eigenvalue weighted by atomic mass is 32.2. The monoisotopic (exact) mass is 416 g/mol. The Morgan fingerprint density at radius 2 is 1.86 bits per heavy atom. The van der Waals surface area contributed by atoms with Gasteiger partial charge in [-0.05, 0) is 43.9 Å². The number of hydrogen-bond donors (Lipinski definition) is 1. The third kappa shape index (κ3) is 6.13. The Labute approximate surface area is 172 Å². The van der Waals surface area contributed by atoms with Gasteiger partial charge in [0.2, 0.25) is 15.9 Å². The van der Waals surface area contributed by atoms with Gasteiger partial charge >= 0.3 is 0 Å². The molecule has 2 aromatic carbocycles. The van der Waals surface area contributed by atoms with Crippen LogP contribution < -0.4 is 5.32 Å². The van der Waals surface area contributed by atoms with Gasteiger partial charge in [0.15, 0.2) is 0 Å². The molecule has 0 unspecified atom stereocenters. The molecule has 0 bridgehead atoms. The molecule has 1 amide bonds. The van der Waals surface area contributed by atoms with Crippen LogP contribution in [0.2, 0.25) is 0 Å². The fraction of sp³-hybridized carbons (Fsp3) is 0.409. The topological polar surface area (TPSA) is 75.7 Å². The van der Waals surface area contributed by atoms with Gasteiger partial charge in [-0.3, -0.25) is 4.79 Å². The number of hydrogen-bond acceptors (Lipinski definition) is 4. The lowest BCUT2D eigenvalue weighted by Crippen LogP contribution is -2.43. The molecule has 1 N–H and O–H groups in total. The summed E-state index contributed by atoms with van der Waals surface area (Å²) < 4.78 is 33.1. The number of ether oxygens (including phenoxy) is 1. The van der Waals surface area contributed by atoms with Gasteiger partial charge in [-0.2, -0.15) is 4.31 Å². The SMILES string of the molecule is Cc1ccc(S(=O)(=O)N(CCc2ccccc2)CC(=O)NC[C@@H]2CCCO2)cc1. The number of rotatable bonds is 9. The standard InChI is InChI=1S/C22H28N2O4S/c1-18-9-11-21(12-10-18)29(26,27)24(14-13-19-6-3-2-4-7-19)17-22(25)23-16-20-8-5-15-28-20/h2-4,6-7,9-12,20H,5,8,13-17H2,1H3,(H,23,25)/t20-/m0/s1. The molecule has 156 valence electrons. The summed E-state index contributed by atoms with van der Waals surface area (Å²) in [4.78, 5) is 12.7. The summed E-state index contributed by atoms with van der Waals surface area (Å²) in [6.07, 6.45) is 2.46. The van der Waals surface area contributed by atoms with Gasteiger partial charge in [-0.15, -0.1) is 0 Å². The summed E-state index contributed by atoms with van der Waals surface area (Å²) in [7, 11) is -3.78. The second-order valence-electron chi connectivity index (χ2n) is 7.33. The Morgan fingerprint density at radius 3 is 2.52 bits per heavy atom. The van der Waals surface area contributed by atoms with Gasteiger partial charge in [0.25, 0.3) is 0 Å². The van der Waals surface area contributed by atoms with Crippen LogP contribution in [-0.2, 0) is 26.0 Å². The highest BCUT2D eigenvalue weighted by molar-refractivity contribution is 7.89. The number of sulfonamides is 1. The number of nitrogens with one attached hydrogen (secondary N) is 1. The van der Waals surface area contributed by atoms with Crippen molar-refractivity contribution in [2.75, 3.05) is 26.2 Å². The van der Waals surface area contributed by atoms with Crippen LogP contribution in [-0.4, -0.2) is 51.0 Å². The molecule has 0 aromatic heterocycles. The van der Waals surface area contributed by atoms with Crippen molar-refractivity contribution in [3.8, 4) is 0 Å². The first-order chi connectivity index (χ1) is 13.9. The van der Waals surface area contributed by atoms with E-state index in [9.17, 15) is 13.2 Å². The molecule has 0 spiro atoms. The summed E-state index contributed by atoms with van der Waals surface area (Å²) in [6.45, 7) is 3.05. The number of amides is 1. The first-order valence-electron chi connectivity index (χ1n) is 9.94. The fourth-order valence-corrected chi connectivity index (χ4v) is 4.69. The lowest BCUT2D eigenvalue weighted by Gasteiger charge is -2.22. The molecule has 1 aliphatic heterocycles. The van der Waals surface area contributed by atoms with E-state index in [0.717, 1.165) is 24.0 Å². The van der Waals surface area contributed by atoms with Gasteiger partial charge in [0.05, 0.1) is 17.5 Å². The van der Waals surface area contributed by atoms with Crippen molar-refractivity contribution in [2.24, 2.45) is 0 Å². The van der Waals surface area contributed by atoms with Crippen molar-refractivity contribution in [3.63, 3.8) is 0 Å². The van der Waals surface area contributed by atoms with Crippen LogP contribution in [0.4, 0.5) is 0 Å². The molecule has 1 fully saturated rings. The number of benzene rings is 2. The zero-order valence-corrected chi connectivity index (χ0v) is 17.5.